The van der Waals surface area contributed by atoms with Gasteiger partial charge in [0.1, 0.15) is 18.4 Å². The van der Waals surface area contributed by atoms with Gasteiger partial charge in [-0.1, -0.05) is 48.0 Å². The standard InChI is InChI=1S/C31H28N4O6/c1-3-39-30(37)27-24(32-31(38)33-29(27)25-10-7-17-40-25)19-41-26(36)16-15-22-18-35(23-8-5-4-6-9-23)34-28(22)21-13-11-20(2)12-14-21/h4-18,29H,3,19H2,1-2H3,(H2,32,33,38)/b16-15-/t29-/m1/s1. The Morgan fingerprint density at radius 3 is 2.54 bits per heavy atom. The number of benzene rings is 2. The van der Waals surface area contributed by atoms with Gasteiger partial charge < -0.3 is 24.5 Å². The van der Waals surface area contributed by atoms with E-state index in [0.29, 0.717) is 17.0 Å². The predicted molar refractivity (Wildman–Crippen MR) is 151 cm³/mol. The summed E-state index contributed by atoms with van der Waals surface area (Å²) in [7, 11) is 0. The van der Waals surface area contributed by atoms with E-state index >= 15 is 0 Å². The van der Waals surface area contributed by atoms with Gasteiger partial charge in [-0.3, -0.25) is 0 Å². The second kappa shape index (κ2) is 12.2. The van der Waals surface area contributed by atoms with E-state index < -0.39 is 24.0 Å². The molecule has 0 unspecified atom stereocenters. The van der Waals surface area contributed by atoms with Crippen LogP contribution in [0.3, 0.4) is 0 Å². The van der Waals surface area contributed by atoms with Crippen LogP contribution in [0.2, 0.25) is 0 Å². The van der Waals surface area contributed by atoms with Gasteiger partial charge in [0.05, 0.1) is 35.5 Å². The van der Waals surface area contributed by atoms with E-state index in [2.05, 4.69) is 10.6 Å². The predicted octanol–water partition coefficient (Wildman–Crippen LogP) is 4.87. The topological polar surface area (TPSA) is 125 Å². The number of nitrogens with zero attached hydrogens (tertiary/aromatic N) is 2. The molecular formula is C31H28N4O6. The summed E-state index contributed by atoms with van der Waals surface area (Å²) in [6.45, 7) is 3.44. The molecule has 0 spiro atoms. The molecule has 208 valence electrons. The maximum atomic E-state index is 12.8. The molecule has 5 rings (SSSR count). The number of aryl methyl sites for hydroxylation is 1. The summed E-state index contributed by atoms with van der Waals surface area (Å²) in [4.78, 5) is 38.0. The Kier molecular flexibility index (Phi) is 8.10. The number of para-hydroxylation sites is 1. The van der Waals surface area contributed by atoms with E-state index in [0.717, 1.165) is 16.8 Å². The van der Waals surface area contributed by atoms with Crippen LogP contribution in [0.15, 0.2) is 101 Å². The van der Waals surface area contributed by atoms with Crippen molar-refractivity contribution in [1.29, 1.82) is 0 Å². The summed E-state index contributed by atoms with van der Waals surface area (Å²) in [5.41, 5.74) is 4.47. The second-order valence-electron chi connectivity index (χ2n) is 9.18. The number of hydrogen-bond donors (Lipinski definition) is 2. The second-order valence-corrected chi connectivity index (χ2v) is 9.18. The maximum absolute atomic E-state index is 12.8. The highest BCUT2D eigenvalue weighted by Crippen LogP contribution is 2.29. The van der Waals surface area contributed by atoms with Gasteiger partial charge in [-0.25, -0.2) is 19.1 Å². The van der Waals surface area contributed by atoms with Crippen LogP contribution in [0.5, 0.6) is 0 Å². The lowest BCUT2D eigenvalue weighted by molar-refractivity contribution is -0.140. The Balaban J connectivity index is 1.39. The van der Waals surface area contributed by atoms with E-state index in [-0.39, 0.29) is 24.5 Å². The molecule has 10 nitrogen and oxygen atoms in total. The minimum atomic E-state index is -0.900. The van der Waals surface area contributed by atoms with Crippen molar-refractivity contribution in [2.24, 2.45) is 0 Å². The molecule has 1 aliphatic heterocycles. The van der Waals surface area contributed by atoms with E-state index in [4.69, 9.17) is 19.0 Å². The Morgan fingerprint density at radius 1 is 1.05 bits per heavy atom. The highest BCUT2D eigenvalue weighted by atomic mass is 16.5. The molecule has 10 heteroatoms. The minimum Gasteiger partial charge on any atom is -0.467 e. The fourth-order valence-corrected chi connectivity index (χ4v) is 4.36. The lowest BCUT2D eigenvalue weighted by Gasteiger charge is -2.27. The first-order valence-corrected chi connectivity index (χ1v) is 13.0. The van der Waals surface area contributed by atoms with Crippen LogP contribution in [0.1, 0.15) is 29.9 Å². The van der Waals surface area contributed by atoms with Crippen molar-refractivity contribution in [3.8, 4) is 16.9 Å². The molecule has 0 aliphatic carbocycles. The van der Waals surface area contributed by atoms with Crippen LogP contribution >= 0.6 is 0 Å². The third-order valence-corrected chi connectivity index (χ3v) is 6.32. The molecule has 41 heavy (non-hydrogen) atoms. The van der Waals surface area contributed by atoms with Crippen molar-refractivity contribution in [3.05, 3.63) is 113 Å². The van der Waals surface area contributed by atoms with Crippen molar-refractivity contribution >= 4 is 24.0 Å². The first-order valence-electron chi connectivity index (χ1n) is 13.0. The third-order valence-electron chi connectivity index (χ3n) is 6.32. The van der Waals surface area contributed by atoms with E-state index in [1.165, 1.54) is 12.3 Å². The molecule has 0 fully saturated rings. The van der Waals surface area contributed by atoms with Crippen LogP contribution in [0.4, 0.5) is 4.79 Å². The molecule has 2 N–H and O–H groups in total. The van der Waals surface area contributed by atoms with Gasteiger partial charge >= 0.3 is 18.0 Å². The summed E-state index contributed by atoms with van der Waals surface area (Å²) in [5, 5.41) is 9.96. The monoisotopic (exact) mass is 552 g/mol. The highest BCUT2D eigenvalue weighted by molar-refractivity contribution is 5.95. The number of carbonyl (C=O) groups excluding carboxylic acids is 3. The number of amides is 2. The lowest BCUT2D eigenvalue weighted by atomic mass is 10.0. The van der Waals surface area contributed by atoms with Crippen LogP contribution in [0.25, 0.3) is 23.0 Å². The maximum Gasteiger partial charge on any atom is 0.338 e. The SMILES string of the molecule is CCOC(=O)C1=C(COC(=O)/C=C\c2cn(-c3ccccc3)nc2-c2ccc(C)cc2)NC(=O)N[C@@H]1c1ccco1. The average molecular weight is 553 g/mol. The zero-order chi connectivity index (χ0) is 28.8. The molecule has 2 aromatic heterocycles. The molecule has 1 aliphatic rings. The zero-order valence-electron chi connectivity index (χ0n) is 22.5. The average Bonchev–Trinajstić information content (AvgIpc) is 3.67. The number of carbonyl (C=O) groups is 3. The number of ether oxygens (including phenoxy) is 2. The van der Waals surface area contributed by atoms with Gasteiger partial charge in [0.15, 0.2) is 0 Å². The lowest BCUT2D eigenvalue weighted by Crippen LogP contribution is -2.47. The Morgan fingerprint density at radius 2 is 1.83 bits per heavy atom. The number of furan rings is 1. The Hall–Kier alpha value is -5.38. The number of esters is 2. The van der Waals surface area contributed by atoms with Crippen LogP contribution in [-0.2, 0) is 19.1 Å². The Labute approximate surface area is 236 Å². The molecule has 2 amide bonds. The first kappa shape index (κ1) is 27.2. The summed E-state index contributed by atoms with van der Waals surface area (Å²) in [5.74, 6) is -1.00. The minimum absolute atomic E-state index is 0.0870. The van der Waals surface area contributed by atoms with Crippen LogP contribution in [0, 0.1) is 6.92 Å². The largest absolute Gasteiger partial charge is 0.467 e. The molecule has 1 atom stereocenters. The zero-order valence-corrected chi connectivity index (χ0v) is 22.5. The van der Waals surface area contributed by atoms with E-state index in [1.807, 2.05) is 67.7 Å². The van der Waals surface area contributed by atoms with Gasteiger partial charge in [-0.15, -0.1) is 0 Å². The van der Waals surface area contributed by atoms with Gasteiger partial charge in [0, 0.05) is 23.4 Å². The van der Waals surface area contributed by atoms with E-state index in [1.54, 1.807) is 29.8 Å². The molecule has 3 heterocycles. The third kappa shape index (κ3) is 6.27. The van der Waals surface area contributed by atoms with E-state index in [9.17, 15) is 14.4 Å². The molecule has 0 saturated heterocycles. The number of hydrogen-bond acceptors (Lipinski definition) is 7. The summed E-state index contributed by atoms with van der Waals surface area (Å²) >= 11 is 0. The fourth-order valence-electron chi connectivity index (χ4n) is 4.36. The highest BCUT2D eigenvalue weighted by Gasteiger charge is 2.35. The molecule has 0 bridgehead atoms. The quantitative estimate of drug-likeness (QED) is 0.224. The van der Waals surface area contributed by atoms with Gasteiger partial charge in [0.2, 0.25) is 0 Å². The van der Waals surface area contributed by atoms with Gasteiger partial charge in [0.25, 0.3) is 0 Å². The van der Waals surface area contributed by atoms with Crippen molar-refractivity contribution < 1.29 is 28.3 Å². The fraction of sp³-hybridized carbons (Fsp3) is 0.161. The Bertz CT molecular complexity index is 1600. The van der Waals surface area contributed by atoms with Crippen molar-refractivity contribution in [1.82, 2.24) is 20.4 Å². The number of aromatic nitrogens is 2. The normalized spacial score (nSPS) is 15.0. The first-order chi connectivity index (χ1) is 19.9. The molecule has 0 radical (unpaired) electrons. The number of rotatable bonds is 9. The summed E-state index contributed by atoms with van der Waals surface area (Å²) in [6, 6.07) is 19.4. The summed E-state index contributed by atoms with van der Waals surface area (Å²) in [6.07, 6.45) is 6.16. The molecule has 2 aromatic carbocycles. The number of urea groups is 1. The van der Waals surface area contributed by atoms with Gasteiger partial charge in [-0.05, 0) is 44.2 Å². The van der Waals surface area contributed by atoms with Crippen molar-refractivity contribution in [3.63, 3.8) is 0 Å². The van der Waals surface area contributed by atoms with Crippen LogP contribution in [-0.4, -0.2) is 41.0 Å². The summed E-state index contributed by atoms with van der Waals surface area (Å²) < 4.78 is 17.8. The van der Waals surface area contributed by atoms with Crippen molar-refractivity contribution in [2.45, 2.75) is 19.9 Å². The molecular weight excluding hydrogens is 524 g/mol. The smallest absolute Gasteiger partial charge is 0.338 e. The van der Waals surface area contributed by atoms with Crippen LogP contribution < -0.4 is 10.6 Å². The molecule has 4 aromatic rings. The van der Waals surface area contributed by atoms with Gasteiger partial charge in [-0.2, -0.15) is 5.10 Å². The molecule has 0 saturated carbocycles. The number of nitrogens with one attached hydrogen (secondary N) is 2. The van der Waals surface area contributed by atoms with Crippen molar-refractivity contribution in [2.75, 3.05) is 13.2 Å².